The van der Waals surface area contributed by atoms with Gasteiger partial charge in [0, 0.05) is 33.0 Å². The summed E-state index contributed by atoms with van der Waals surface area (Å²) in [5.41, 5.74) is 0. The molecule has 6 nitrogen and oxygen atoms in total. The Morgan fingerprint density at radius 3 is 3.00 bits per heavy atom. The van der Waals surface area contributed by atoms with Crippen molar-refractivity contribution in [2.24, 2.45) is 0 Å². The molecule has 0 spiro atoms. The van der Waals surface area contributed by atoms with Gasteiger partial charge in [0.2, 0.25) is 17.6 Å². The van der Waals surface area contributed by atoms with Gasteiger partial charge in [0.15, 0.2) is 0 Å². The maximum atomic E-state index is 11.9. The highest BCUT2D eigenvalue weighted by Crippen LogP contribution is 2.21. The SMILES string of the molecule is CNCCN(C)C(=O)CCc1nc(-c2cccs2)no1.Cl. The molecule has 1 amide bonds. The topological polar surface area (TPSA) is 71.3 Å². The summed E-state index contributed by atoms with van der Waals surface area (Å²) in [4.78, 5) is 18.8. The first-order chi connectivity index (χ1) is 9.70. The van der Waals surface area contributed by atoms with Crippen molar-refractivity contribution in [3.63, 3.8) is 0 Å². The molecule has 0 radical (unpaired) electrons. The van der Waals surface area contributed by atoms with Crippen LogP contribution in [0.1, 0.15) is 12.3 Å². The molecular formula is C13H19ClN4O2S. The van der Waals surface area contributed by atoms with Gasteiger partial charge in [-0.2, -0.15) is 4.98 Å². The van der Waals surface area contributed by atoms with Crippen molar-refractivity contribution >= 4 is 29.7 Å². The lowest BCUT2D eigenvalue weighted by atomic mass is 10.3. The summed E-state index contributed by atoms with van der Waals surface area (Å²) in [5.74, 6) is 1.17. The van der Waals surface area contributed by atoms with E-state index in [9.17, 15) is 4.79 Å². The fourth-order valence-corrected chi connectivity index (χ4v) is 2.32. The van der Waals surface area contributed by atoms with E-state index in [-0.39, 0.29) is 18.3 Å². The van der Waals surface area contributed by atoms with Gasteiger partial charge < -0.3 is 14.7 Å². The van der Waals surface area contributed by atoms with Gasteiger partial charge in [-0.05, 0) is 18.5 Å². The van der Waals surface area contributed by atoms with E-state index in [1.807, 2.05) is 24.6 Å². The second-order valence-corrected chi connectivity index (χ2v) is 5.36. The molecule has 0 unspecified atom stereocenters. The molecule has 1 N–H and O–H groups in total. The number of carbonyl (C=O) groups excluding carboxylic acids is 1. The lowest BCUT2D eigenvalue weighted by molar-refractivity contribution is -0.129. The maximum absolute atomic E-state index is 11.9. The standard InChI is InChI=1S/C13H18N4O2S.ClH/c1-14-7-8-17(2)12(18)6-5-11-15-13(16-19-11)10-4-3-9-20-10;/h3-4,9,14H,5-8H2,1-2H3;1H. The first-order valence-corrected chi connectivity index (χ1v) is 7.33. The van der Waals surface area contributed by atoms with Gasteiger partial charge in [0.1, 0.15) is 0 Å². The molecule has 0 fully saturated rings. The number of amides is 1. The van der Waals surface area contributed by atoms with Crippen molar-refractivity contribution in [3.8, 4) is 10.7 Å². The smallest absolute Gasteiger partial charge is 0.227 e. The van der Waals surface area contributed by atoms with Gasteiger partial charge in [-0.1, -0.05) is 11.2 Å². The van der Waals surface area contributed by atoms with Crippen LogP contribution in [0, 0.1) is 0 Å². The van der Waals surface area contributed by atoms with Crippen molar-refractivity contribution in [2.45, 2.75) is 12.8 Å². The van der Waals surface area contributed by atoms with Crippen LogP contribution in [0.15, 0.2) is 22.0 Å². The third-order valence-corrected chi connectivity index (χ3v) is 3.75. The van der Waals surface area contributed by atoms with Crippen molar-refractivity contribution in [1.82, 2.24) is 20.4 Å². The van der Waals surface area contributed by atoms with E-state index >= 15 is 0 Å². The molecule has 0 aliphatic carbocycles. The van der Waals surface area contributed by atoms with Crippen LogP contribution in [0.5, 0.6) is 0 Å². The van der Waals surface area contributed by atoms with E-state index in [2.05, 4.69) is 15.5 Å². The highest BCUT2D eigenvalue weighted by atomic mass is 35.5. The van der Waals surface area contributed by atoms with Crippen LogP contribution in [-0.4, -0.2) is 48.1 Å². The Bertz CT molecular complexity index is 544. The number of thiophene rings is 1. The number of carbonyl (C=O) groups is 1. The van der Waals surface area contributed by atoms with Gasteiger partial charge in [-0.3, -0.25) is 4.79 Å². The summed E-state index contributed by atoms with van der Waals surface area (Å²) in [6, 6.07) is 3.88. The van der Waals surface area contributed by atoms with Gasteiger partial charge in [-0.25, -0.2) is 0 Å². The predicted octanol–water partition coefficient (Wildman–Crippen LogP) is 1.83. The molecule has 0 saturated carbocycles. The number of nitrogens with one attached hydrogen (secondary N) is 1. The summed E-state index contributed by atoms with van der Waals surface area (Å²) >= 11 is 1.56. The van der Waals surface area contributed by atoms with Crippen LogP contribution in [0.2, 0.25) is 0 Å². The predicted molar refractivity (Wildman–Crippen MR) is 84.7 cm³/mol. The van der Waals surface area contributed by atoms with Crippen LogP contribution in [0.3, 0.4) is 0 Å². The number of nitrogens with zero attached hydrogens (tertiary/aromatic N) is 3. The van der Waals surface area contributed by atoms with E-state index in [4.69, 9.17) is 4.52 Å². The zero-order valence-corrected chi connectivity index (χ0v) is 13.7. The highest BCUT2D eigenvalue weighted by molar-refractivity contribution is 7.13. The number of likely N-dealkylation sites (N-methyl/N-ethyl adjacent to an activating group) is 2. The van der Waals surface area contributed by atoms with Gasteiger partial charge in [-0.15, -0.1) is 23.7 Å². The average Bonchev–Trinajstić information content (AvgIpc) is 3.12. The Morgan fingerprint density at radius 2 is 2.33 bits per heavy atom. The van der Waals surface area contributed by atoms with E-state index in [0.717, 1.165) is 11.4 Å². The Labute approximate surface area is 133 Å². The van der Waals surface area contributed by atoms with Crippen LogP contribution in [0.4, 0.5) is 0 Å². The minimum Gasteiger partial charge on any atom is -0.344 e. The largest absolute Gasteiger partial charge is 0.344 e. The fraction of sp³-hybridized carbons (Fsp3) is 0.462. The summed E-state index contributed by atoms with van der Waals surface area (Å²) in [6.07, 6.45) is 0.855. The first-order valence-electron chi connectivity index (χ1n) is 6.45. The van der Waals surface area contributed by atoms with Gasteiger partial charge in [0.25, 0.3) is 0 Å². The quantitative estimate of drug-likeness (QED) is 0.838. The Hall–Kier alpha value is -1.44. The Morgan fingerprint density at radius 1 is 1.52 bits per heavy atom. The zero-order chi connectivity index (χ0) is 14.4. The molecule has 2 aromatic rings. The number of halogens is 1. The average molecular weight is 331 g/mol. The second kappa shape index (κ2) is 8.76. The molecule has 8 heteroatoms. The summed E-state index contributed by atoms with van der Waals surface area (Å²) in [7, 11) is 3.66. The molecule has 2 heterocycles. The molecule has 0 aromatic carbocycles. The molecule has 0 atom stereocenters. The number of hydrogen-bond donors (Lipinski definition) is 1. The Kier molecular flexibility index (Phi) is 7.35. The number of hydrogen-bond acceptors (Lipinski definition) is 6. The summed E-state index contributed by atoms with van der Waals surface area (Å²) in [6.45, 7) is 1.48. The first kappa shape index (κ1) is 17.6. The second-order valence-electron chi connectivity index (χ2n) is 4.41. The van der Waals surface area contributed by atoms with Crippen molar-refractivity contribution in [1.29, 1.82) is 0 Å². The molecular weight excluding hydrogens is 312 g/mol. The van der Waals surface area contributed by atoms with Crippen molar-refractivity contribution in [2.75, 3.05) is 27.2 Å². The molecule has 2 aromatic heterocycles. The molecule has 0 saturated heterocycles. The number of aromatic nitrogens is 2. The minimum absolute atomic E-state index is 0. The summed E-state index contributed by atoms with van der Waals surface area (Å²) in [5, 5.41) is 8.90. The zero-order valence-electron chi connectivity index (χ0n) is 12.0. The third kappa shape index (κ3) is 5.11. The molecule has 116 valence electrons. The van der Waals surface area contributed by atoms with E-state index in [1.54, 1.807) is 23.3 Å². The van der Waals surface area contributed by atoms with E-state index < -0.39 is 0 Å². The molecule has 0 aliphatic rings. The van der Waals surface area contributed by atoms with Gasteiger partial charge in [0.05, 0.1) is 4.88 Å². The molecule has 21 heavy (non-hydrogen) atoms. The monoisotopic (exact) mass is 330 g/mol. The van der Waals surface area contributed by atoms with Gasteiger partial charge >= 0.3 is 0 Å². The molecule has 0 aliphatic heterocycles. The van der Waals surface area contributed by atoms with Crippen LogP contribution >= 0.6 is 23.7 Å². The number of aryl methyl sites for hydroxylation is 1. The summed E-state index contributed by atoms with van der Waals surface area (Å²) < 4.78 is 5.16. The lowest BCUT2D eigenvalue weighted by Crippen LogP contribution is -2.32. The molecule has 2 rings (SSSR count). The molecule has 0 bridgehead atoms. The minimum atomic E-state index is 0. The van der Waals surface area contributed by atoms with Crippen molar-refractivity contribution in [3.05, 3.63) is 23.4 Å². The van der Waals surface area contributed by atoms with Crippen molar-refractivity contribution < 1.29 is 9.32 Å². The van der Waals surface area contributed by atoms with Crippen LogP contribution in [-0.2, 0) is 11.2 Å². The van der Waals surface area contributed by atoms with Crippen LogP contribution < -0.4 is 5.32 Å². The normalized spacial score (nSPS) is 10.2. The third-order valence-electron chi connectivity index (χ3n) is 2.89. The maximum Gasteiger partial charge on any atom is 0.227 e. The van der Waals surface area contributed by atoms with E-state index in [1.165, 1.54) is 0 Å². The van der Waals surface area contributed by atoms with E-state index in [0.29, 0.717) is 31.1 Å². The van der Waals surface area contributed by atoms with Crippen LogP contribution in [0.25, 0.3) is 10.7 Å². The lowest BCUT2D eigenvalue weighted by Gasteiger charge is -2.16. The number of rotatable bonds is 7. The highest BCUT2D eigenvalue weighted by Gasteiger charge is 2.13. The fourth-order valence-electron chi connectivity index (χ4n) is 1.67. The Balaban J connectivity index is 0.00000220.